The van der Waals surface area contributed by atoms with Gasteiger partial charge in [0.1, 0.15) is 17.1 Å². The number of anilines is 1. The van der Waals surface area contributed by atoms with Crippen molar-refractivity contribution >= 4 is 5.95 Å². The lowest BCUT2D eigenvalue weighted by Crippen LogP contribution is -2.10. The van der Waals surface area contributed by atoms with E-state index in [2.05, 4.69) is 20.2 Å². The first-order valence-corrected chi connectivity index (χ1v) is 7.52. The van der Waals surface area contributed by atoms with Crippen molar-refractivity contribution in [2.45, 2.75) is 19.5 Å². The van der Waals surface area contributed by atoms with Crippen LogP contribution in [0.1, 0.15) is 18.3 Å². The van der Waals surface area contributed by atoms with E-state index in [4.69, 9.17) is 5.73 Å². The van der Waals surface area contributed by atoms with Gasteiger partial charge in [-0.2, -0.15) is 13.2 Å². The van der Waals surface area contributed by atoms with Gasteiger partial charge in [0.05, 0.1) is 0 Å². The number of benzene rings is 1. The number of hydrogen-bond donors (Lipinski definition) is 1. The summed E-state index contributed by atoms with van der Waals surface area (Å²) in [6, 6.07) is 11.5. The summed E-state index contributed by atoms with van der Waals surface area (Å²) in [5.74, 6) is -0.0524. The third-order valence-corrected chi connectivity index (χ3v) is 3.55. The summed E-state index contributed by atoms with van der Waals surface area (Å²) >= 11 is 0. The van der Waals surface area contributed by atoms with E-state index in [1.165, 1.54) is 0 Å². The number of nitrogen functional groups attached to an aromatic ring is 1. The van der Waals surface area contributed by atoms with Crippen molar-refractivity contribution in [2.75, 3.05) is 5.73 Å². The maximum absolute atomic E-state index is 13.2. The van der Waals surface area contributed by atoms with Crippen LogP contribution in [0, 0.1) is 0 Å². The zero-order valence-corrected chi connectivity index (χ0v) is 13.2. The van der Waals surface area contributed by atoms with Crippen LogP contribution in [-0.4, -0.2) is 20.2 Å². The highest BCUT2D eigenvalue weighted by Crippen LogP contribution is 2.34. The minimum Gasteiger partial charge on any atom is -0.366 e. The lowest BCUT2D eigenvalue weighted by molar-refractivity contribution is -0.141. The number of nitrogens with two attached hydrogens (primary N) is 1. The van der Waals surface area contributed by atoms with Gasteiger partial charge >= 0.3 is 6.18 Å². The predicted molar refractivity (Wildman–Crippen MR) is 87.3 cm³/mol. The second kappa shape index (κ2) is 6.46. The van der Waals surface area contributed by atoms with Crippen molar-refractivity contribution in [2.24, 2.45) is 0 Å². The Bertz CT molecular complexity index is 895. The Morgan fingerprint density at radius 2 is 1.64 bits per heavy atom. The number of aromatic nitrogens is 4. The van der Waals surface area contributed by atoms with Gasteiger partial charge in [0, 0.05) is 16.8 Å². The molecule has 0 aliphatic carbocycles. The molecule has 0 amide bonds. The van der Waals surface area contributed by atoms with Crippen LogP contribution in [0.15, 0.2) is 42.5 Å². The molecule has 0 fully saturated rings. The van der Waals surface area contributed by atoms with E-state index >= 15 is 0 Å². The quantitative estimate of drug-likeness (QED) is 0.782. The molecule has 2 heterocycles. The van der Waals surface area contributed by atoms with Crippen molar-refractivity contribution in [1.29, 1.82) is 0 Å². The maximum Gasteiger partial charge on any atom is 0.433 e. The summed E-state index contributed by atoms with van der Waals surface area (Å²) in [6.45, 7) is 1.73. The lowest BCUT2D eigenvalue weighted by Gasteiger charge is -2.12. The minimum absolute atomic E-state index is 0.0524. The van der Waals surface area contributed by atoms with Crippen LogP contribution in [0.25, 0.3) is 22.5 Å². The smallest absolute Gasteiger partial charge is 0.366 e. The monoisotopic (exact) mass is 345 g/mol. The molecule has 0 unspecified atom stereocenters. The molecule has 0 bridgehead atoms. The fourth-order valence-electron chi connectivity index (χ4n) is 2.38. The first-order valence-electron chi connectivity index (χ1n) is 7.52. The van der Waals surface area contributed by atoms with Crippen molar-refractivity contribution in [1.82, 2.24) is 20.2 Å². The Labute approximate surface area is 141 Å². The van der Waals surface area contributed by atoms with E-state index in [1.54, 1.807) is 37.3 Å². The molecule has 128 valence electrons. The molecule has 2 N–H and O–H groups in total. The number of nitrogens with zero attached hydrogens (tertiary/aromatic N) is 4. The van der Waals surface area contributed by atoms with E-state index in [9.17, 15) is 13.2 Å². The van der Waals surface area contributed by atoms with Crippen molar-refractivity contribution < 1.29 is 13.2 Å². The molecule has 0 aliphatic rings. The molecule has 0 spiro atoms. The number of halogens is 3. The van der Waals surface area contributed by atoms with E-state index < -0.39 is 11.9 Å². The molecule has 8 heteroatoms. The maximum atomic E-state index is 13.2. The zero-order chi connectivity index (χ0) is 18.0. The normalized spacial score (nSPS) is 11.5. The van der Waals surface area contributed by atoms with Crippen LogP contribution in [0.2, 0.25) is 0 Å². The molecule has 3 rings (SSSR count). The average Bonchev–Trinajstić information content (AvgIpc) is 2.61. The number of pyridine rings is 1. The van der Waals surface area contributed by atoms with Gasteiger partial charge in [-0.15, -0.1) is 10.2 Å². The highest BCUT2D eigenvalue weighted by Gasteiger charge is 2.33. The van der Waals surface area contributed by atoms with Crippen LogP contribution in [0.5, 0.6) is 0 Å². The first-order chi connectivity index (χ1) is 11.9. The van der Waals surface area contributed by atoms with Gasteiger partial charge < -0.3 is 5.73 Å². The number of hydrogen-bond acceptors (Lipinski definition) is 5. The molecule has 5 nitrogen and oxygen atoms in total. The van der Waals surface area contributed by atoms with Crippen molar-refractivity contribution in [3.05, 3.63) is 53.9 Å². The summed E-state index contributed by atoms with van der Waals surface area (Å²) in [6.07, 6.45) is -4.20. The minimum atomic E-state index is -4.55. The predicted octanol–water partition coefficient (Wildman–Crippen LogP) is 3.76. The fraction of sp³-hybridized carbons (Fsp3) is 0.176. The topological polar surface area (TPSA) is 77.6 Å². The van der Waals surface area contributed by atoms with Crippen molar-refractivity contribution in [3.8, 4) is 22.5 Å². The molecule has 1 aromatic carbocycles. The first kappa shape index (κ1) is 16.8. The summed E-state index contributed by atoms with van der Waals surface area (Å²) in [5, 5.41) is 7.69. The van der Waals surface area contributed by atoms with E-state index in [0.717, 1.165) is 6.07 Å². The van der Waals surface area contributed by atoms with Crippen LogP contribution in [0.3, 0.4) is 0 Å². The van der Waals surface area contributed by atoms with Crippen molar-refractivity contribution in [3.63, 3.8) is 0 Å². The second-order valence-corrected chi connectivity index (χ2v) is 5.32. The Kier molecular flexibility index (Phi) is 4.35. The molecule has 2 aromatic heterocycles. The molecule has 3 aromatic rings. The van der Waals surface area contributed by atoms with Gasteiger partial charge in [-0.25, -0.2) is 9.97 Å². The van der Waals surface area contributed by atoms with Gasteiger partial charge in [0.15, 0.2) is 0 Å². The van der Waals surface area contributed by atoms with Crippen LogP contribution in [-0.2, 0) is 12.6 Å². The summed E-state index contributed by atoms with van der Waals surface area (Å²) < 4.78 is 39.5. The molecule has 0 saturated carbocycles. The van der Waals surface area contributed by atoms with E-state index in [-0.39, 0.29) is 17.2 Å². The Morgan fingerprint density at radius 3 is 2.28 bits per heavy atom. The van der Waals surface area contributed by atoms with Crippen LogP contribution in [0.4, 0.5) is 19.1 Å². The SMILES string of the molecule is CCc1cc(-c2nnc(N)nc2-c2ccccc2)cc(C(F)(F)F)n1. The van der Waals surface area contributed by atoms with Gasteiger partial charge in [-0.1, -0.05) is 37.3 Å². The van der Waals surface area contributed by atoms with Crippen LogP contribution < -0.4 is 5.73 Å². The Hall–Kier alpha value is -3.03. The largest absolute Gasteiger partial charge is 0.433 e. The summed E-state index contributed by atoms with van der Waals surface area (Å²) in [7, 11) is 0. The molecular formula is C17H14F3N5. The standard InChI is InChI=1S/C17H14F3N5/c1-2-12-8-11(9-13(22-12)17(18,19)20)15-14(23-16(21)25-24-15)10-6-4-3-5-7-10/h3-9H,2H2,1H3,(H2,21,23,25). The van der Waals surface area contributed by atoms with E-state index in [0.29, 0.717) is 23.4 Å². The number of alkyl halides is 3. The van der Waals surface area contributed by atoms with Gasteiger partial charge in [-0.3, -0.25) is 0 Å². The molecule has 0 saturated heterocycles. The highest BCUT2D eigenvalue weighted by atomic mass is 19.4. The van der Waals surface area contributed by atoms with Gasteiger partial charge in [0.2, 0.25) is 5.95 Å². The number of aryl methyl sites for hydroxylation is 1. The summed E-state index contributed by atoms with van der Waals surface area (Å²) in [5.41, 5.74) is 6.48. The molecular weight excluding hydrogens is 331 g/mol. The second-order valence-electron chi connectivity index (χ2n) is 5.32. The third-order valence-electron chi connectivity index (χ3n) is 3.55. The molecule has 0 radical (unpaired) electrons. The number of rotatable bonds is 3. The highest BCUT2D eigenvalue weighted by molar-refractivity contribution is 5.78. The molecule has 25 heavy (non-hydrogen) atoms. The Morgan fingerprint density at radius 1 is 0.920 bits per heavy atom. The average molecular weight is 345 g/mol. The fourth-order valence-corrected chi connectivity index (χ4v) is 2.38. The van der Waals surface area contributed by atoms with Crippen LogP contribution >= 0.6 is 0 Å². The van der Waals surface area contributed by atoms with Gasteiger partial charge in [-0.05, 0) is 18.6 Å². The van der Waals surface area contributed by atoms with E-state index in [1.807, 2.05) is 6.07 Å². The summed E-state index contributed by atoms with van der Waals surface area (Å²) in [4.78, 5) is 7.82. The van der Waals surface area contributed by atoms with Gasteiger partial charge in [0.25, 0.3) is 0 Å². The lowest BCUT2D eigenvalue weighted by atomic mass is 10.0. The Balaban J connectivity index is 2.24. The molecule has 0 aliphatic heterocycles. The third kappa shape index (κ3) is 3.57. The molecule has 0 atom stereocenters. The zero-order valence-electron chi connectivity index (χ0n) is 13.2.